The molecular weight excluding hydrogens is 1040 g/mol. The topological polar surface area (TPSA) is 235 Å². The lowest BCUT2D eigenvalue weighted by Crippen LogP contribution is -2.62. The smallest absolute Gasteiger partial charge is 0.332 e. The minimum atomic E-state index is -1.96. The summed E-state index contributed by atoms with van der Waals surface area (Å²) in [7, 11) is 5.58. The first-order valence-corrected chi connectivity index (χ1v) is 27.3. The highest BCUT2D eigenvalue weighted by Gasteiger charge is 2.46. The Kier molecular flexibility index (Phi) is 22.6. The number of benzene rings is 2. The summed E-state index contributed by atoms with van der Waals surface area (Å²) >= 11 is 3.47. The average molecular weight is 1120 g/mol. The van der Waals surface area contributed by atoms with Crippen molar-refractivity contribution in [2.24, 2.45) is 23.7 Å². The second-order valence-electron chi connectivity index (χ2n) is 21.9. The maximum Gasteiger partial charge on any atom is 0.332 e. The van der Waals surface area contributed by atoms with E-state index in [4.69, 9.17) is 4.74 Å². The van der Waals surface area contributed by atoms with Crippen molar-refractivity contribution in [2.75, 3.05) is 41.3 Å². The molecule has 0 aliphatic carbocycles. The van der Waals surface area contributed by atoms with E-state index in [9.17, 15) is 43.5 Å². The van der Waals surface area contributed by atoms with Crippen molar-refractivity contribution in [1.82, 2.24) is 40.4 Å². The van der Waals surface area contributed by atoms with Gasteiger partial charge in [-0.1, -0.05) is 106 Å². The van der Waals surface area contributed by atoms with Gasteiger partial charge in [0.25, 0.3) is 5.91 Å². The highest BCUT2D eigenvalue weighted by atomic mass is 79.9. The third-order valence-corrected chi connectivity index (χ3v) is 15.7. The van der Waals surface area contributed by atoms with Gasteiger partial charge in [-0.05, 0) is 82.1 Å². The number of ether oxygens (including phenoxy) is 1. The molecule has 76 heavy (non-hydrogen) atoms. The van der Waals surface area contributed by atoms with E-state index in [-0.39, 0.29) is 44.7 Å². The molecule has 2 aromatic carbocycles. The second kappa shape index (κ2) is 27.4. The number of fused-ring (bicyclic) bond motifs is 2. The fourth-order valence-corrected chi connectivity index (χ4v) is 9.82. The number of hydrogen-bond donors (Lipinski definition) is 4. The van der Waals surface area contributed by atoms with E-state index in [2.05, 4.69) is 31.9 Å². The zero-order valence-corrected chi connectivity index (χ0v) is 48.5. The zero-order valence-electron chi connectivity index (χ0n) is 46.9. The third kappa shape index (κ3) is 15.9. The maximum atomic E-state index is 15.0. The molecule has 0 spiro atoms. The van der Waals surface area contributed by atoms with E-state index in [1.807, 2.05) is 51.1 Å². The standard InChI is InChI=1S/C56H83BrN8O11/c1-15-33(5)44-53(72)61(11)35(7)47(66)58-41(28-32(3)4)51(70)64(14)46(56(9,10)75)55(74)76-45(34(6)16-2)54(73)62(12)36(8)48(67)59-42(29-37-20-18-17-19-21-37)50(69)63(13)43(30-38-22-24-40(57)25-23-38)52(71)65-27-26-39(31-65)49(68)60-44/h17-25,32-36,39,41-46,75H,15-16,26-31H2,1-14H3,(H,58,66)(H,59,67)(H,60,68). The predicted molar refractivity (Wildman–Crippen MR) is 291 cm³/mol. The van der Waals surface area contributed by atoms with E-state index in [0.29, 0.717) is 18.4 Å². The Balaban J connectivity index is 1.87. The monoisotopic (exact) mass is 1120 g/mol. The van der Waals surface area contributed by atoms with Gasteiger partial charge in [0.2, 0.25) is 41.4 Å². The quantitative estimate of drug-likeness (QED) is 0.237. The Labute approximate surface area is 457 Å². The van der Waals surface area contributed by atoms with Crippen LogP contribution in [0.25, 0.3) is 0 Å². The molecule has 8 amide bonds. The molecule has 4 N–H and O–H groups in total. The van der Waals surface area contributed by atoms with Gasteiger partial charge in [-0.3, -0.25) is 38.4 Å². The van der Waals surface area contributed by atoms with Gasteiger partial charge < -0.3 is 50.3 Å². The highest BCUT2D eigenvalue weighted by molar-refractivity contribution is 9.10. The van der Waals surface area contributed by atoms with Crippen molar-refractivity contribution in [3.05, 3.63) is 70.2 Å². The van der Waals surface area contributed by atoms with E-state index < -0.39 is 125 Å². The largest absolute Gasteiger partial charge is 0.450 e. The molecule has 11 unspecified atom stereocenters. The molecule has 2 bridgehead atoms. The minimum Gasteiger partial charge on any atom is -0.450 e. The molecule has 2 aliphatic rings. The summed E-state index contributed by atoms with van der Waals surface area (Å²) in [6.45, 7) is 16.5. The normalized spacial score (nSPS) is 26.9. The third-order valence-electron chi connectivity index (χ3n) is 15.2. The van der Waals surface area contributed by atoms with Crippen LogP contribution in [-0.2, 0) is 60.7 Å². The number of nitrogens with one attached hydrogen (secondary N) is 3. The van der Waals surface area contributed by atoms with Crippen LogP contribution < -0.4 is 16.0 Å². The van der Waals surface area contributed by atoms with E-state index >= 15 is 4.79 Å². The number of cyclic esters (lactones) is 1. The van der Waals surface area contributed by atoms with Crippen LogP contribution in [0.5, 0.6) is 0 Å². The molecule has 420 valence electrons. The minimum absolute atomic E-state index is 0.00864. The molecule has 2 fully saturated rings. The molecule has 20 heteroatoms. The van der Waals surface area contributed by atoms with Crippen LogP contribution in [0.2, 0.25) is 0 Å². The van der Waals surface area contributed by atoms with E-state index in [0.717, 1.165) is 19.8 Å². The van der Waals surface area contributed by atoms with Crippen molar-refractivity contribution < 1.29 is 53.0 Å². The van der Waals surface area contributed by atoms with Gasteiger partial charge in [0.1, 0.15) is 36.3 Å². The van der Waals surface area contributed by atoms with Crippen LogP contribution in [0.3, 0.4) is 0 Å². The molecule has 2 saturated heterocycles. The van der Waals surface area contributed by atoms with E-state index in [1.165, 1.54) is 70.6 Å². The SMILES string of the molecule is CCC(C)C1NC(=O)C2CCN(C2)C(=O)C(Cc2ccc(Br)cc2)N(C)C(=O)C(Cc2ccccc2)NC(=O)C(C)N(C)C(=O)C(C(C)CC)OC(=O)C(C(C)(C)O)N(C)C(=O)C(CC(C)C)NC(=O)C(C)N(C)C1=O. The highest BCUT2D eigenvalue weighted by Crippen LogP contribution is 2.26. The lowest BCUT2D eigenvalue weighted by atomic mass is 9.94. The number of likely N-dealkylation sites (N-methyl/N-ethyl adjacent to an activating group) is 4. The van der Waals surface area contributed by atoms with Gasteiger partial charge in [0.05, 0.1) is 11.5 Å². The van der Waals surface area contributed by atoms with Crippen LogP contribution in [0.4, 0.5) is 0 Å². The molecule has 2 aliphatic heterocycles. The number of carbonyl (C=O) groups excluding carboxylic acids is 9. The number of amides is 8. The number of aliphatic hydroxyl groups is 1. The summed E-state index contributed by atoms with van der Waals surface area (Å²) in [4.78, 5) is 137. The summed E-state index contributed by atoms with van der Waals surface area (Å²) in [5.41, 5.74) is -0.528. The summed E-state index contributed by atoms with van der Waals surface area (Å²) in [5, 5.41) is 20.1. The Morgan fingerprint density at radius 2 is 1.17 bits per heavy atom. The molecule has 2 heterocycles. The number of carbonyl (C=O) groups is 9. The molecule has 4 rings (SSSR count). The summed E-state index contributed by atoms with van der Waals surface area (Å²) in [5.74, 6) is -8.06. The van der Waals surface area contributed by atoms with Gasteiger partial charge in [-0.2, -0.15) is 0 Å². The van der Waals surface area contributed by atoms with Gasteiger partial charge in [0.15, 0.2) is 12.1 Å². The lowest BCUT2D eigenvalue weighted by molar-refractivity contribution is -0.177. The van der Waals surface area contributed by atoms with Crippen molar-refractivity contribution in [3.63, 3.8) is 0 Å². The van der Waals surface area contributed by atoms with Crippen LogP contribution >= 0.6 is 15.9 Å². The number of esters is 1. The first kappa shape index (κ1) is 62.6. The lowest BCUT2D eigenvalue weighted by Gasteiger charge is -2.39. The van der Waals surface area contributed by atoms with Gasteiger partial charge >= 0.3 is 5.97 Å². The van der Waals surface area contributed by atoms with Crippen molar-refractivity contribution in [3.8, 4) is 0 Å². The van der Waals surface area contributed by atoms with Crippen LogP contribution in [-0.4, -0.2) is 178 Å². The van der Waals surface area contributed by atoms with Crippen molar-refractivity contribution in [2.45, 2.75) is 162 Å². The van der Waals surface area contributed by atoms with Crippen LogP contribution in [0.15, 0.2) is 59.1 Å². The summed E-state index contributed by atoms with van der Waals surface area (Å²) < 4.78 is 6.79. The zero-order chi connectivity index (χ0) is 57.1. The van der Waals surface area contributed by atoms with Gasteiger partial charge in [-0.25, -0.2) is 4.79 Å². The first-order chi connectivity index (χ1) is 35.5. The number of hydrogen-bond acceptors (Lipinski definition) is 11. The molecular formula is C56H83BrN8O11. The predicted octanol–water partition coefficient (Wildman–Crippen LogP) is 3.72. The Bertz CT molecular complexity index is 2380. The Morgan fingerprint density at radius 3 is 1.71 bits per heavy atom. The molecule has 0 radical (unpaired) electrons. The Morgan fingerprint density at radius 1 is 0.645 bits per heavy atom. The summed E-state index contributed by atoms with van der Waals surface area (Å²) in [6.07, 6.45) is -0.252. The maximum absolute atomic E-state index is 15.0. The number of nitrogens with zero attached hydrogens (tertiary/aromatic N) is 5. The van der Waals surface area contributed by atoms with Gasteiger partial charge in [-0.15, -0.1) is 0 Å². The second-order valence-corrected chi connectivity index (χ2v) is 22.8. The summed E-state index contributed by atoms with van der Waals surface area (Å²) in [6, 6.07) is 7.48. The molecule has 19 nitrogen and oxygen atoms in total. The fourth-order valence-electron chi connectivity index (χ4n) is 9.56. The molecule has 0 saturated carbocycles. The van der Waals surface area contributed by atoms with Crippen molar-refractivity contribution in [1.29, 1.82) is 0 Å². The molecule has 0 aromatic heterocycles. The van der Waals surface area contributed by atoms with Crippen LogP contribution in [0, 0.1) is 23.7 Å². The molecule has 11 atom stereocenters. The van der Waals surface area contributed by atoms with Crippen LogP contribution in [0.1, 0.15) is 106 Å². The fraction of sp³-hybridized carbons (Fsp3) is 0.625. The van der Waals surface area contributed by atoms with E-state index in [1.54, 1.807) is 45.0 Å². The first-order valence-electron chi connectivity index (χ1n) is 26.5. The number of halogens is 1. The molecule has 2 aromatic rings. The Hall–Kier alpha value is -5.89. The number of rotatable bonds is 11. The van der Waals surface area contributed by atoms with Crippen molar-refractivity contribution >= 4 is 69.2 Å². The van der Waals surface area contributed by atoms with Gasteiger partial charge in [0, 0.05) is 64.5 Å². The average Bonchev–Trinajstić information content (AvgIpc) is 3.89.